The zero-order chi connectivity index (χ0) is 22.7. The monoisotopic (exact) mass is 428 g/mol. The van der Waals surface area contributed by atoms with Crippen molar-refractivity contribution in [2.75, 3.05) is 10.6 Å². The SMILES string of the molecule is CC(=O)NCc1cccc(NC(=C2C(=O)Nc3ccc([N+](=O)[O-])cc32)c2ccccc2)c1. The lowest BCUT2D eigenvalue weighted by atomic mass is 9.99. The molecule has 0 unspecified atom stereocenters. The van der Waals surface area contributed by atoms with Gasteiger partial charge in [-0.05, 0) is 29.3 Å². The number of non-ortho nitro benzene ring substituents is 1. The number of carbonyl (C=O) groups is 2. The summed E-state index contributed by atoms with van der Waals surface area (Å²) in [4.78, 5) is 35.0. The number of nitro groups is 1. The van der Waals surface area contributed by atoms with E-state index in [1.54, 1.807) is 0 Å². The van der Waals surface area contributed by atoms with Gasteiger partial charge in [-0.2, -0.15) is 0 Å². The maximum absolute atomic E-state index is 12.9. The lowest BCUT2D eigenvalue weighted by Gasteiger charge is -2.15. The maximum Gasteiger partial charge on any atom is 0.270 e. The molecule has 1 aliphatic heterocycles. The van der Waals surface area contributed by atoms with Crippen LogP contribution in [0.5, 0.6) is 0 Å². The molecule has 0 atom stereocenters. The normalized spacial score (nSPS) is 13.7. The lowest BCUT2D eigenvalue weighted by Crippen LogP contribution is -2.18. The minimum atomic E-state index is -0.484. The first-order valence-corrected chi connectivity index (χ1v) is 9.92. The number of anilines is 2. The molecule has 8 heteroatoms. The molecule has 4 rings (SSSR count). The maximum atomic E-state index is 12.9. The van der Waals surface area contributed by atoms with Gasteiger partial charge in [0.05, 0.1) is 16.2 Å². The van der Waals surface area contributed by atoms with Crippen LogP contribution in [0.25, 0.3) is 11.3 Å². The summed E-state index contributed by atoms with van der Waals surface area (Å²) in [6, 6.07) is 21.1. The van der Waals surface area contributed by atoms with Crippen LogP contribution in [0.4, 0.5) is 17.1 Å². The number of nitrogens with one attached hydrogen (secondary N) is 3. The molecule has 3 aromatic rings. The average molecular weight is 428 g/mol. The predicted octanol–water partition coefficient (Wildman–Crippen LogP) is 4.16. The Morgan fingerprint density at radius 2 is 1.81 bits per heavy atom. The number of carbonyl (C=O) groups excluding carboxylic acids is 2. The largest absolute Gasteiger partial charge is 0.354 e. The van der Waals surface area contributed by atoms with E-state index >= 15 is 0 Å². The number of rotatable bonds is 6. The summed E-state index contributed by atoms with van der Waals surface area (Å²) in [5, 5.41) is 20.2. The van der Waals surface area contributed by atoms with Crippen LogP contribution in [-0.4, -0.2) is 16.7 Å². The van der Waals surface area contributed by atoms with E-state index < -0.39 is 4.92 Å². The van der Waals surface area contributed by atoms with Crippen LogP contribution in [0.15, 0.2) is 72.8 Å². The predicted molar refractivity (Wildman–Crippen MR) is 123 cm³/mol. The molecule has 8 nitrogen and oxygen atoms in total. The molecule has 0 spiro atoms. The van der Waals surface area contributed by atoms with Gasteiger partial charge in [-0.25, -0.2) is 0 Å². The number of amides is 2. The highest BCUT2D eigenvalue weighted by molar-refractivity contribution is 6.37. The van der Waals surface area contributed by atoms with Crippen LogP contribution in [0.3, 0.4) is 0 Å². The third-order valence-electron chi connectivity index (χ3n) is 5.01. The van der Waals surface area contributed by atoms with Crippen molar-refractivity contribution in [3.63, 3.8) is 0 Å². The first-order chi connectivity index (χ1) is 15.4. The van der Waals surface area contributed by atoms with Gasteiger partial charge in [-0.3, -0.25) is 19.7 Å². The standard InChI is InChI=1S/C24H20N4O4/c1-15(29)25-14-16-6-5-9-18(12-16)26-23(17-7-3-2-4-8-17)22-20-13-19(28(31)32)10-11-21(20)27-24(22)30/h2-13,26H,14H2,1H3,(H,25,29)(H,27,30). The molecule has 3 N–H and O–H groups in total. The molecule has 0 aromatic heterocycles. The molecular weight excluding hydrogens is 408 g/mol. The van der Waals surface area contributed by atoms with Crippen molar-refractivity contribution in [2.24, 2.45) is 0 Å². The van der Waals surface area contributed by atoms with Gasteiger partial charge in [0.2, 0.25) is 5.91 Å². The smallest absolute Gasteiger partial charge is 0.270 e. The molecule has 32 heavy (non-hydrogen) atoms. The molecule has 0 saturated carbocycles. The summed E-state index contributed by atoms with van der Waals surface area (Å²) in [6.07, 6.45) is 0. The van der Waals surface area contributed by atoms with Gasteiger partial charge in [0, 0.05) is 42.5 Å². The molecular formula is C24H20N4O4. The Bertz CT molecular complexity index is 1250. The zero-order valence-corrected chi connectivity index (χ0v) is 17.2. The summed E-state index contributed by atoms with van der Waals surface area (Å²) in [6.45, 7) is 1.83. The van der Waals surface area contributed by atoms with Crippen molar-refractivity contribution in [1.82, 2.24) is 5.32 Å². The molecule has 0 radical (unpaired) electrons. The van der Waals surface area contributed by atoms with Crippen LogP contribution in [0, 0.1) is 10.1 Å². The molecule has 3 aromatic carbocycles. The summed E-state index contributed by atoms with van der Waals surface area (Å²) in [7, 11) is 0. The van der Waals surface area contributed by atoms with Gasteiger partial charge >= 0.3 is 0 Å². The van der Waals surface area contributed by atoms with Gasteiger partial charge in [0.1, 0.15) is 0 Å². The fourth-order valence-corrected chi connectivity index (χ4v) is 3.53. The molecule has 1 heterocycles. The number of benzene rings is 3. The second-order valence-electron chi connectivity index (χ2n) is 7.29. The minimum Gasteiger partial charge on any atom is -0.354 e. The van der Waals surface area contributed by atoms with Crippen LogP contribution in [-0.2, 0) is 16.1 Å². The van der Waals surface area contributed by atoms with Gasteiger partial charge in [-0.15, -0.1) is 0 Å². The number of hydrogen-bond donors (Lipinski definition) is 3. The van der Waals surface area contributed by atoms with Crippen molar-refractivity contribution < 1.29 is 14.5 Å². The fraction of sp³-hybridized carbons (Fsp3) is 0.0833. The third-order valence-corrected chi connectivity index (χ3v) is 5.01. The molecule has 160 valence electrons. The molecule has 0 saturated heterocycles. The molecule has 1 aliphatic rings. The van der Waals surface area contributed by atoms with E-state index in [-0.39, 0.29) is 17.5 Å². The van der Waals surface area contributed by atoms with E-state index in [1.807, 2.05) is 54.6 Å². The molecule has 0 fully saturated rings. The number of nitrogens with zero attached hydrogens (tertiary/aromatic N) is 1. The Balaban J connectivity index is 1.82. The lowest BCUT2D eigenvalue weighted by molar-refractivity contribution is -0.384. The van der Waals surface area contributed by atoms with E-state index in [2.05, 4.69) is 16.0 Å². The first kappa shape index (κ1) is 20.8. The summed E-state index contributed by atoms with van der Waals surface area (Å²) < 4.78 is 0. The van der Waals surface area contributed by atoms with Gasteiger partial charge < -0.3 is 16.0 Å². The van der Waals surface area contributed by atoms with Gasteiger partial charge in [-0.1, -0.05) is 42.5 Å². The van der Waals surface area contributed by atoms with E-state index in [0.717, 1.165) is 11.1 Å². The second-order valence-corrected chi connectivity index (χ2v) is 7.29. The van der Waals surface area contributed by atoms with Crippen molar-refractivity contribution in [3.05, 3.63) is 99.6 Å². The Morgan fingerprint density at radius 3 is 2.53 bits per heavy atom. The van der Waals surface area contributed by atoms with Crippen molar-refractivity contribution >= 4 is 40.1 Å². The van der Waals surface area contributed by atoms with Crippen molar-refractivity contribution in [2.45, 2.75) is 13.5 Å². The topological polar surface area (TPSA) is 113 Å². The Labute approximate surface area is 184 Å². The van der Waals surface area contributed by atoms with E-state index in [0.29, 0.717) is 34.8 Å². The minimum absolute atomic E-state index is 0.0949. The van der Waals surface area contributed by atoms with E-state index in [4.69, 9.17) is 0 Å². The highest BCUT2D eigenvalue weighted by Gasteiger charge is 2.30. The molecule has 2 amide bonds. The van der Waals surface area contributed by atoms with Crippen LogP contribution >= 0.6 is 0 Å². The van der Waals surface area contributed by atoms with E-state index in [1.165, 1.54) is 25.1 Å². The van der Waals surface area contributed by atoms with E-state index in [9.17, 15) is 19.7 Å². The first-order valence-electron chi connectivity index (χ1n) is 9.92. The van der Waals surface area contributed by atoms with Crippen molar-refractivity contribution in [1.29, 1.82) is 0 Å². The summed E-state index contributed by atoms with van der Waals surface area (Å²) in [5.74, 6) is -0.475. The van der Waals surface area contributed by atoms with Crippen LogP contribution in [0.1, 0.15) is 23.6 Å². The average Bonchev–Trinajstić information content (AvgIpc) is 3.11. The Kier molecular flexibility index (Phi) is 5.67. The third kappa shape index (κ3) is 4.34. The number of hydrogen-bond acceptors (Lipinski definition) is 5. The van der Waals surface area contributed by atoms with Gasteiger partial charge in [0.25, 0.3) is 11.6 Å². The molecule has 0 aliphatic carbocycles. The quantitative estimate of drug-likeness (QED) is 0.310. The number of fused-ring (bicyclic) bond motifs is 1. The Morgan fingerprint density at radius 1 is 1.03 bits per heavy atom. The Hall–Kier alpha value is -4.46. The van der Waals surface area contributed by atoms with Gasteiger partial charge in [0.15, 0.2) is 0 Å². The molecule has 0 bridgehead atoms. The second kappa shape index (κ2) is 8.73. The highest BCUT2D eigenvalue weighted by atomic mass is 16.6. The van der Waals surface area contributed by atoms with Crippen molar-refractivity contribution in [3.8, 4) is 0 Å². The fourth-order valence-electron chi connectivity index (χ4n) is 3.53. The van der Waals surface area contributed by atoms with Crippen LogP contribution < -0.4 is 16.0 Å². The number of nitro benzene ring substituents is 1. The van der Waals surface area contributed by atoms with Crippen LogP contribution in [0.2, 0.25) is 0 Å². The highest BCUT2D eigenvalue weighted by Crippen LogP contribution is 2.39. The summed E-state index contributed by atoms with van der Waals surface area (Å²) in [5.41, 5.74) is 4.09. The zero-order valence-electron chi connectivity index (χ0n) is 17.2. The summed E-state index contributed by atoms with van der Waals surface area (Å²) >= 11 is 0.